The number of hydrogen-bond donors (Lipinski definition) is 5. The summed E-state index contributed by atoms with van der Waals surface area (Å²) in [6.45, 7) is 5.11. The van der Waals surface area contributed by atoms with Crippen LogP contribution in [0.4, 0.5) is 17.6 Å². The third-order valence-electron chi connectivity index (χ3n) is 7.93. The Morgan fingerprint density at radius 2 is 1.89 bits per heavy atom. The van der Waals surface area contributed by atoms with Gasteiger partial charge in [0.15, 0.2) is 0 Å². The van der Waals surface area contributed by atoms with Crippen molar-refractivity contribution in [3.63, 3.8) is 0 Å². The fourth-order valence-corrected chi connectivity index (χ4v) is 5.84. The van der Waals surface area contributed by atoms with Crippen LogP contribution in [0.3, 0.4) is 0 Å². The molecular weight excluding hydrogens is 622 g/mol. The van der Waals surface area contributed by atoms with Crippen molar-refractivity contribution in [3.05, 3.63) is 102 Å². The van der Waals surface area contributed by atoms with Gasteiger partial charge in [-0.05, 0) is 36.1 Å². The van der Waals surface area contributed by atoms with Crippen molar-refractivity contribution in [3.8, 4) is 0 Å². The van der Waals surface area contributed by atoms with Crippen LogP contribution in [0.25, 0.3) is 10.9 Å². The molecule has 2 aromatic carbocycles. The van der Waals surface area contributed by atoms with Gasteiger partial charge >= 0.3 is 6.18 Å². The van der Waals surface area contributed by atoms with E-state index < -0.39 is 34.9 Å². The second kappa shape index (κ2) is 13.7. The minimum absolute atomic E-state index is 0.0290. The van der Waals surface area contributed by atoms with Crippen LogP contribution in [0.1, 0.15) is 28.8 Å². The molecule has 9 nitrogen and oxygen atoms in total. The summed E-state index contributed by atoms with van der Waals surface area (Å²) >= 11 is 5.41. The minimum atomic E-state index is -4.56. The molecule has 0 saturated carbocycles. The standard InChI is InChI=1S/C32H33F4N7O2S/c1-20(17-39-27(44)15-21-5-2-3-8-25(21)33)42-31(30(45)40-18-28(46)38-12-14-43-13-11-37-19-43)10-9-26-23(16-31)22-6-4-7-24(29(22)41-26)32(34,35)36/h2-8,11,13,19,41-42H,1,9-10,12,14-18H2,(H,38,46)(H,39,44)(H,40,45)/t31-/m1/s1. The zero-order valence-electron chi connectivity index (χ0n) is 24.8. The van der Waals surface area contributed by atoms with Gasteiger partial charge in [-0.25, -0.2) is 9.37 Å². The summed E-state index contributed by atoms with van der Waals surface area (Å²) in [7, 11) is 0. The summed E-state index contributed by atoms with van der Waals surface area (Å²) in [4.78, 5) is 33.8. The first kappa shape index (κ1) is 32.7. The van der Waals surface area contributed by atoms with E-state index in [0.29, 0.717) is 40.4 Å². The number of aryl methyl sites for hydroxylation is 1. The van der Waals surface area contributed by atoms with Crippen LogP contribution >= 0.6 is 12.2 Å². The third-order valence-corrected chi connectivity index (χ3v) is 8.22. The molecule has 2 heterocycles. The number of halogens is 4. The van der Waals surface area contributed by atoms with Crippen molar-refractivity contribution >= 4 is 39.9 Å². The lowest BCUT2D eigenvalue weighted by Gasteiger charge is -2.38. The monoisotopic (exact) mass is 655 g/mol. The summed E-state index contributed by atoms with van der Waals surface area (Å²) in [5.74, 6) is -1.36. The number of hydrogen-bond acceptors (Lipinski definition) is 5. The molecule has 242 valence electrons. The molecule has 1 atom stereocenters. The summed E-state index contributed by atoms with van der Waals surface area (Å²) in [5, 5.41) is 12.2. The SMILES string of the molecule is C=C(CNC(=O)Cc1ccccc1F)N[C@]1(C(=O)NCC(=S)NCCn2ccnc2)CCc2[nH]c3c(C(F)(F)F)cccc3c2C1. The van der Waals surface area contributed by atoms with Crippen LogP contribution in [0.5, 0.6) is 0 Å². The van der Waals surface area contributed by atoms with Crippen LogP contribution in [-0.4, -0.2) is 56.5 Å². The molecule has 0 radical (unpaired) electrons. The number of fused-ring (bicyclic) bond motifs is 3. The van der Waals surface area contributed by atoms with E-state index in [4.69, 9.17) is 12.2 Å². The highest BCUT2D eigenvalue weighted by atomic mass is 32.1. The number of nitrogens with one attached hydrogen (secondary N) is 5. The third kappa shape index (κ3) is 7.56. The van der Waals surface area contributed by atoms with Gasteiger partial charge in [-0.15, -0.1) is 0 Å². The highest BCUT2D eigenvalue weighted by molar-refractivity contribution is 7.80. The Hall–Kier alpha value is -4.72. The van der Waals surface area contributed by atoms with Gasteiger partial charge in [0.25, 0.3) is 0 Å². The van der Waals surface area contributed by atoms with E-state index in [9.17, 15) is 27.2 Å². The lowest BCUT2D eigenvalue weighted by molar-refractivity contribution is -0.136. The van der Waals surface area contributed by atoms with E-state index in [1.165, 1.54) is 24.3 Å². The maximum atomic E-state index is 14.0. The fourth-order valence-electron chi connectivity index (χ4n) is 5.67. The Bertz CT molecular complexity index is 1750. The van der Waals surface area contributed by atoms with E-state index in [1.54, 1.807) is 24.7 Å². The zero-order valence-corrected chi connectivity index (χ0v) is 25.6. The van der Waals surface area contributed by atoms with E-state index in [1.807, 2.05) is 10.8 Å². The number of nitrogens with zero attached hydrogens (tertiary/aromatic N) is 2. The van der Waals surface area contributed by atoms with Gasteiger partial charge in [0.2, 0.25) is 11.8 Å². The molecule has 0 bridgehead atoms. The van der Waals surface area contributed by atoms with Gasteiger partial charge in [0.05, 0.1) is 41.9 Å². The van der Waals surface area contributed by atoms with Gasteiger partial charge in [0, 0.05) is 48.7 Å². The number of benzene rings is 2. The maximum Gasteiger partial charge on any atom is 0.418 e. The number of carbonyl (C=O) groups excluding carboxylic acids is 2. The topological polar surface area (TPSA) is 116 Å². The van der Waals surface area contributed by atoms with Crippen molar-refractivity contribution in [2.75, 3.05) is 19.6 Å². The van der Waals surface area contributed by atoms with E-state index in [2.05, 4.69) is 37.8 Å². The Labute approximate surface area is 267 Å². The Morgan fingerprint density at radius 3 is 2.63 bits per heavy atom. The first-order chi connectivity index (χ1) is 21.9. The van der Waals surface area contributed by atoms with Crippen LogP contribution in [0.15, 0.2) is 73.5 Å². The number of para-hydroxylation sites is 1. The molecule has 1 aliphatic carbocycles. The van der Waals surface area contributed by atoms with Crippen LogP contribution in [0, 0.1) is 5.82 Å². The largest absolute Gasteiger partial charge is 0.418 e. The number of aromatic amines is 1. The molecule has 46 heavy (non-hydrogen) atoms. The molecule has 4 aromatic rings. The highest BCUT2D eigenvalue weighted by Crippen LogP contribution is 2.40. The predicted molar refractivity (Wildman–Crippen MR) is 169 cm³/mol. The highest BCUT2D eigenvalue weighted by Gasteiger charge is 2.44. The maximum absolute atomic E-state index is 14.0. The number of aromatic nitrogens is 3. The van der Waals surface area contributed by atoms with Crippen molar-refractivity contribution in [2.24, 2.45) is 0 Å². The number of carbonyl (C=O) groups is 2. The molecule has 14 heteroatoms. The van der Waals surface area contributed by atoms with E-state index in [-0.39, 0.29) is 49.9 Å². The van der Waals surface area contributed by atoms with Gasteiger partial charge in [-0.1, -0.05) is 49.1 Å². The van der Waals surface area contributed by atoms with Crippen LogP contribution in [-0.2, 0) is 41.6 Å². The summed E-state index contributed by atoms with van der Waals surface area (Å²) in [5.41, 5.74) is -0.366. The molecule has 5 rings (SSSR count). The second-order valence-corrected chi connectivity index (χ2v) is 11.7. The van der Waals surface area contributed by atoms with Crippen molar-refractivity contribution in [2.45, 2.75) is 43.9 Å². The average Bonchev–Trinajstić information content (AvgIpc) is 3.67. The van der Waals surface area contributed by atoms with E-state index in [0.717, 1.165) is 6.07 Å². The van der Waals surface area contributed by atoms with Crippen molar-refractivity contribution in [1.29, 1.82) is 0 Å². The number of thiocarbonyl (C=S) groups is 1. The number of imidazole rings is 1. The van der Waals surface area contributed by atoms with Gasteiger partial charge < -0.3 is 30.8 Å². The number of rotatable bonds is 12. The molecular formula is C32H33F4N7O2S. The second-order valence-electron chi connectivity index (χ2n) is 11.2. The summed E-state index contributed by atoms with van der Waals surface area (Å²) in [6.07, 6.45) is 0.977. The van der Waals surface area contributed by atoms with Crippen LogP contribution < -0.4 is 21.3 Å². The molecule has 5 N–H and O–H groups in total. The average molecular weight is 656 g/mol. The Balaban J connectivity index is 1.31. The molecule has 2 amide bonds. The summed E-state index contributed by atoms with van der Waals surface area (Å²) in [6, 6.07) is 9.93. The number of alkyl halides is 3. The lowest BCUT2D eigenvalue weighted by Crippen LogP contribution is -2.61. The minimum Gasteiger partial charge on any atom is -0.376 e. The Morgan fingerprint density at radius 1 is 1.09 bits per heavy atom. The molecule has 0 spiro atoms. The summed E-state index contributed by atoms with van der Waals surface area (Å²) < 4.78 is 57.3. The molecule has 0 fully saturated rings. The molecule has 0 saturated heterocycles. The molecule has 2 aromatic heterocycles. The molecule has 1 aliphatic rings. The lowest BCUT2D eigenvalue weighted by atomic mass is 9.78. The normalized spacial score (nSPS) is 16.0. The molecule has 0 aliphatic heterocycles. The van der Waals surface area contributed by atoms with Gasteiger partial charge in [0.1, 0.15) is 11.4 Å². The van der Waals surface area contributed by atoms with Crippen LogP contribution in [0.2, 0.25) is 0 Å². The fraction of sp³-hybridized carbons (Fsp3) is 0.312. The van der Waals surface area contributed by atoms with E-state index >= 15 is 0 Å². The molecule has 0 unspecified atom stereocenters. The first-order valence-corrected chi connectivity index (χ1v) is 15.0. The van der Waals surface area contributed by atoms with Crippen molar-refractivity contribution in [1.82, 2.24) is 35.8 Å². The first-order valence-electron chi connectivity index (χ1n) is 14.6. The predicted octanol–water partition coefficient (Wildman–Crippen LogP) is 3.95. The number of H-pyrrole nitrogens is 1. The zero-order chi connectivity index (χ0) is 32.9. The van der Waals surface area contributed by atoms with Gasteiger partial charge in [-0.3, -0.25) is 9.59 Å². The number of amides is 2. The smallest absolute Gasteiger partial charge is 0.376 e. The Kier molecular flexibility index (Phi) is 9.75. The van der Waals surface area contributed by atoms with Crippen molar-refractivity contribution < 1.29 is 27.2 Å². The quantitative estimate of drug-likeness (QED) is 0.117. The van der Waals surface area contributed by atoms with Gasteiger partial charge in [-0.2, -0.15) is 13.2 Å².